The van der Waals surface area contributed by atoms with Gasteiger partial charge in [-0.15, -0.1) is 0 Å². The molecule has 2 heterocycles. The molecule has 0 amide bonds. The number of hydrogen-bond acceptors (Lipinski definition) is 3. The zero-order chi connectivity index (χ0) is 16.3. The highest BCUT2D eigenvalue weighted by molar-refractivity contribution is 6.45. The van der Waals surface area contributed by atoms with E-state index in [1.807, 2.05) is 12.1 Å². The fourth-order valence-corrected chi connectivity index (χ4v) is 3.73. The number of phenols is 1. The van der Waals surface area contributed by atoms with Crippen molar-refractivity contribution in [2.75, 3.05) is 7.11 Å². The lowest BCUT2D eigenvalue weighted by Gasteiger charge is -2.26. The molecule has 1 N–H and O–H groups in total. The maximum Gasteiger partial charge on any atom is 0.161 e. The van der Waals surface area contributed by atoms with Gasteiger partial charge >= 0.3 is 0 Å². The summed E-state index contributed by atoms with van der Waals surface area (Å²) >= 11 is 12.6. The molecule has 1 aliphatic rings. The minimum atomic E-state index is 0.0940. The minimum Gasteiger partial charge on any atom is -0.504 e. The van der Waals surface area contributed by atoms with Crippen LogP contribution in [0.1, 0.15) is 18.5 Å². The van der Waals surface area contributed by atoms with Crippen LogP contribution in [0.4, 0.5) is 0 Å². The van der Waals surface area contributed by atoms with Crippen LogP contribution in [0.3, 0.4) is 0 Å². The molecule has 1 unspecified atom stereocenters. The van der Waals surface area contributed by atoms with E-state index >= 15 is 0 Å². The van der Waals surface area contributed by atoms with Gasteiger partial charge in [-0.3, -0.25) is 0 Å². The first-order valence-corrected chi connectivity index (χ1v) is 8.03. The highest BCUT2D eigenvalue weighted by Crippen LogP contribution is 2.45. The highest BCUT2D eigenvalue weighted by Gasteiger charge is 2.29. The van der Waals surface area contributed by atoms with E-state index in [4.69, 9.17) is 32.9 Å². The molecule has 4 rings (SSSR count). The molecule has 0 saturated carbocycles. The lowest BCUT2D eigenvalue weighted by molar-refractivity contribution is 0.368. The largest absolute Gasteiger partial charge is 0.504 e. The molecule has 1 aromatic heterocycles. The minimum absolute atomic E-state index is 0.0940. The number of methoxy groups -OCH3 is 1. The SMILES string of the molecule is COc1ccc2c(c1O)CC(C)n1c-2nc2ccc(Cl)c(Cl)c21. The number of halogens is 2. The molecule has 4 nitrogen and oxygen atoms in total. The van der Waals surface area contributed by atoms with E-state index in [-0.39, 0.29) is 11.8 Å². The second-order valence-corrected chi connectivity index (χ2v) is 6.52. The normalized spacial score (nSPS) is 16.3. The summed E-state index contributed by atoms with van der Waals surface area (Å²) in [6, 6.07) is 7.39. The van der Waals surface area contributed by atoms with Gasteiger partial charge in [0.2, 0.25) is 0 Å². The molecule has 6 heteroatoms. The van der Waals surface area contributed by atoms with Crippen molar-refractivity contribution in [1.29, 1.82) is 0 Å². The second-order valence-electron chi connectivity index (χ2n) is 5.73. The van der Waals surface area contributed by atoms with E-state index in [1.165, 1.54) is 0 Å². The number of hydrogen-bond donors (Lipinski definition) is 1. The molecule has 0 radical (unpaired) electrons. The van der Waals surface area contributed by atoms with Crippen LogP contribution >= 0.6 is 23.2 Å². The third-order valence-corrected chi connectivity index (χ3v) is 5.18. The van der Waals surface area contributed by atoms with Gasteiger partial charge in [0.1, 0.15) is 5.82 Å². The van der Waals surface area contributed by atoms with Crippen LogP contribution in [0.2, 0.25) is 10.0 Å². The maximum absolute atomic E-state index is 10.4. The summed E-state index contributed by atoms with van der Waals surface area (Å²) < 4.78 is 7.31. The van der Waals surface area contributed by atoms with Crippen molar-refractivity contribution in [3.63, 3.8) is 0 Å². The molecule has 0 fully saturated rings. The van der Waals surface area contributed by atoms with Crippen LogP contribution in [0.25, 0.3) is 22.4 Å². The lowest BCUT2D eigenvalue weighted by Crippen LogP contribution is -2.16. The molecule has 0 bridgehead atoms. The summed E-state index contributed by atoms with van der Waals surface area (Å²) in [4.78, 5) is 4.71. The summed E-state index contributed by atoms with van der Waals surface area (Å²) in [6.45, 7) is 2.07. The number of phenolic OH excluding ortho intramolecular Hbond substituents is 1. The number of ether oxygens (including phenoxy) is 1. The van der Waals surface area contributed by atoms with E-state index < -0.39 is 0 Å². The highest BCUT2D eigenvalue weighted by atomic mass is 35.5. The van der Waals surface area contributed by atoms with E-state index in [0.717, 1.165) is 28.0 Å². The van der Waals surface area contributed by atoms with Gasteiger partial charge in [-0.05, 0) is 37.6 Å². The number of fused-ring (bicyclic) bond motifs is 5. The van der Waals surface area contributed by atoms with Crippen molar-refractivity contribution < 1.29 is 9.84 Å². The number of aromatic nitrogens is 2. The maximum atomic E-state index is 10.4. The first kappa shape index (κ1) is 14.7. The number of rotatable bonds is 1. The Kier molecular flexibility index (Phi) is 3.22. The summed E-state index contributed by atoms with van der Waals surface area (Å²) in [5.74, 6) is 1.44. The Bertz CT molecular complexity index is 950. The third-order valence-electron chi connectivity index (χ3n) is 4.39. The quantitative estimate of drug-likeness (QED) is 0.684. The summed E-state index contributed by atoms with van der Waals surface area (Å²) in [7, 11) is 1.55. The molecular weight excluding hydrogens is 335 g/mol. The zero-order valence-corrected chi connectivity index (χ0v) is 14.1. The number of nitrogens with zero attached hydrogens (tertiary/aromatic N) is 2. The monoisotopic (exact) mass is 348 g/mol. The molecule has 1 aliphatic heterocycles. The van der Waals surface area contributed by atoms with Crippen LogP contribution < -0.4 is 4.74 Å². The van der Waals surface area contributed by atoms with Crippen molar-refractivity contribution in [3.8, 4) is 22.9 Å². The molecule has 0 saturated heterocycles. The van der Waals surface area contributed by atoms with Crippen molar-refractivity contribution in [2.45, 2.75) is 19.4 Å². The Morgan fingerprint density at radius 3 is 2.78 bits per heavy atom. The van der Waals surface area contributed by atoms with Crippen molar-refractivity contribution in [3.05, 3.63) is 39.9 Å². The van der Waals surface area contributed by atoms with Gasteiger partial charge in [0.05, 0.1) is 28.2 Å². The van der Waals surface area contributed by atoms with Gasteiger partial charge in [-0.1, -0.05) is 23.2 Å². The lowest BCUT2D eigenvalue weighted by atomic mass is 9.94. The Labute approximate surface area is 143 Å². The van der Waals surface area contributed by atoms with Gasteiger partial charge in [0, 0.05) is 17.2 Å². The fourth-order valence-electron chi connectivity index (χ4n) is 3.32. The molecule has 0 spiro atoms. The second kappa shape index (κ2) is 5.05. The average Bonchev–Trinajstić information content (AvgIpc) is 2.93. The van der Waals surface area contributed by atoms with Crippen LogP contribution in [0.5, 0.6) is 11.5 Å². The number of imidazole rings is 1. The van der Waals surface area contributed by atoms with E-state index in [0.29, 0.717) is 22.2 Å². The molecular formula is C17H14Cl2N2O2. The van der Waals surface area contributed by atoms with Crippen molar-refractivity contribution >= 4 is 34.2 Å². The summed E-state index contributed by atoms with van der Waals surface area (Å²) in [5, 5.41) is 11.5. The number of aromatic hydroxyl groups is 1. The van der Waals surface area contributed by atoms with Crippen LogP contribution in [0.15, 0.2) is 24.3 Å². The molecule has 118 valence electrons. The predicted molar refractivity (Wildman–Crippen MR) is 91.8 cm³/mol. The van der Waals surface area contributed by atoms with Gasteiger partial charge < -0.3 is 14.4 Å². The Morgan fingerprint density at radius 1 is 1.26 bits per heavy atom. The van der Waals surface area contributed by atoms with Gasteiger partial charge in [0.25, 0.3) is 0 Å². The Balaban J connectivity index is 2.08. The first-order valence-electron chi connectivity index (χ1n) is 7.28. The average molecular weight is 349 g/mol. The van der Waals surface area contributed by atoms with Crippen molar-refractivity contribution in [1.82, 2.24) is 9.55 Å². The van der Waals surface area contributed by atoms with Crippen LogP contribution in [0, 0.1) is 0 Å². The first-order chi connectivity index (χ1) is 11.0. The standard InChI is InChI=1S/C17H14Cl2N2O2/c1-8-7-10-9(3-6-13(23-2)16(10)22)17-20-12-5-4-11(18)14(19)15(12)21(8)17/h3-6,8,22H,7H2,1-2H3. The molecule has 3 aromatic rings. The van der Waals surface area contributed by atoms with Gasteiger partial charge in [0.15, 0.2) is 11.5 Å². The summed E-state index contributed by atoms with van der Waals surface area (Å²) in [5.41, 5.74) is 3.37. The van der Waals surface area contributed by atoms with E-state index in [9.17, 15) is 5.11 Å². The smallest absolute Gasteiger partial charge is 0.161 e. The third kappa shape index (κ3) is 1.95. The molecule has 1 atom stereocenters. The van der Waals surface area contributed by atoms with Crippen molar-refractivity contribution in [2.24, 2.45) is 0 Å². The van der Waals surface area contributed by atoms with Crippen LogP contribution in [-0.2, 0) is 6.42 Å². The number of benzene rings is 2. The van der Waals surface area contributed by atoms with E-state index in [2.05, 4.69) is 11.5 Å². The Hall–Kier alpha value is -1.91. The fraction of sp³-hybridized carbons (Fsp3) is 0.235. The molecule has 0 aliphatic carbocycles. The van der Waals surface area contributed by atoms with E-state index in [1.54, 1.807) is 19.2 Å². The van der Waals surface area contributed by atoms with Crippen LogP contribution in [-0.4, -0.2) is 21.8 Å². The van der Waals surface area contributed by atoms with Gasteiger partial charge in [-0.2, -0.15) is 0 Å². The summed E-state index contributed by atoms with van der Waals surface area (Å²) in [6.07, 6.45) is 0.666. The Morgan fingerprint density at radius 2 is 2.04 bits per heavy atom. The van der Waals surface area contributed by atoms with Gasteiger partial charge in [-0.25, -0.2) is 4.98 Å². The predicted octanol–water partition coefficient (Wildman–Crippen LogP) is 4.84. The zero-order valence-electron chi connectivity index (χ0n) is 12.6. The molecule has 23 heavy (non-hydrogen) atoms. The molecule has 2 aromatic carbocycles. The topological polar surface area (TPSA) is 47.3 Å².